The Bertz CT molecular complexity index is 1860. The van der Waals surface area contributed by atoms with Crippen molar-refractivity contribution in [3.63, 3.8) is 0 Å². The molecule has 0 aliphatic heterocycles. The Morgan fingerprint density at radius 1 is 0.674 bits per heavy atom. The van der Waals surface area contributed by atoms with E-state index in [4.69, 9.17) is 0 Å². The average molecular weight is 743 g/mol. The normalized spacial score (nSPS) is 10.8. The van der Waals surface area contributed by atoms with Crippen LogP contribution in [-0.2, 0) is 28.8 Å². The van der Waals surface area contributed by atoms with Crippen molar-refractivity contribution < 1.29 is 48.1 Å². The van der Waals surface area contributed by atoms with Gasteiger partial charge in [-0.3, -0.25) is 0 Å². The number of hydrogen-bond acceptors (Lipinski definition) is 0. The first kappa shape index (κ1) is 40.0. The molecule has 0 saturated carbocycles. The van der Waals surface area contributed by atoms with Crippen LogP contribution in [0.1, 0.15) is 68.4 Å². The van der Waals surface area contributed by atoms with Crippen LogP contribution < -0.4 is 24.8 Å². The SMILES string of the molecule is C[Si](C)=[Zr+2].Cc1cc2c(-c3ccc(C(C)(C)C)cc3)ccc(C)c2[cH-]1.Cc1ccc(-c2cccc3[cH-]c(C(C)C)cc23)cc1.[Cl-].[Cl-]. The van der Waals surface area contributed by atoms with Gasteiger partial charge in [-0.25, -0.2) is 0 Å². The molecule has 0 atom stereocenters. The zero-order valence-electron chi connectivity index (χ0n) is 29.1. The van der Waals surface area contributed by atoms with Gasteiger partial charge in [0.2, 0.25) is 0 Å². The second kappa shape index (κ2) is 17.3. The zero-order valence-corrected chi connectivity index (χ0v) is 34.1. The molecule has 0 heterocycles. The second-order valence-corrected chi connectivity index (χ2v) is 23.1. The molecule has 0 amide bonds. The van der Waals surface area contributed by atoms with Crippen LogP contribution in [0.15, 0.2) is 103 Å². The van der Waals surface area contributed by atoms with Crippen molar-refractivity contribution in [2.24, 2.45) is 0 Å². The molecule has 0 saturated heterocycles. The number of rotatable bonds is 3. The van der Waals surface area contributed by atoms with Crippen LogP contribution in [0.5, 0.6) is 0 Å². The van der Waals surface area contributed by atoms with Gasteiger partial charge in [-0.2, -0.15) is 12.1 Å². The minimum Gasteiger partial charge on any atom is -1.00 e. The molecule has 6 aromatic rings. The Hall–Kier alpha value is -2.22. The van der Waals surface area contributed by atoms with Crippen LogP contribution in [0.2, 0.25) is 13.1 Å². The van der Waals surface area contributed by atoms with Crippen LogP contribution in [0, 0.1) is 20.8 Å². The van der Waals surface area contributed by atoms with Crippen molar-refractivity contribution in [1.82, 2.24) is 0 Å². The van der Waals surface area contributed by atoms with Crippen LogP contribution in [0.3, 0.4) is 0 Å². The third-order valence-corrected chi connectivity index (χ3v) is 8.11. The van der Waals surface area contributed by atoms with Crippen molar-refractivity contribution in [3.8, 4) is 22.3 Å². The van der Waals surface area contributed by atoms with E-state index in [1.165, 1.54) is 71.6 Å². The minimum absolute atomic E-state index is 0. The number of fused-ring (bicyclic) bond motifs is 2. The Balaban J connectivity index is 0.000000277. The average Bonchev–Trinajstić information content (AvgIpc) is 3.58. The van der Waals surface area contributed by atoms with Crippen LogP contribution in [0.25, 0.3) is 43.8 Å². The smallest absolute Gasteiger partial charge is 0.0132 e. The van der Waals surface area contributed by atoms with Gasteiger partial charge in [0.15, 0.2) is 0 Å². The molecule has 0 aromatic heterocycles. The van der Waals surface area contributed by atoms with Gasteiger partial charge < -0.3 is 24.8 Å². The zero-order chi connectivity index (χ0) is 32.2. The summed E-state index contributed by atoms with van der Waals surface area (Å²) in [7, 11) is 0. The Kier molecular flexibility index (Phi) is 15.0. The Morgan fingerprint density at radius 2 is 1.22 bits per heavy atom. The Morgan fingerprint density at radius 3 is 1.76 bits per heavy atom. The van der Waals surface area contributed by atoms with Crippen molar-refractivity contribution in [1.29, 1.82) is 0 Å². The van der Waals surface area contributed by atoms with E-state index in [9.17, 15) is 0 Å². The molecule has 6 aromatic carbocycles. The molecule has 0 spiro atoms. The fourth-order valence-electron chi connectivity index (χ4n) is 5.57. The fourth-order valence-corrected chi connectivity index (χ4v) is 5.57. The van der Waals surface area contributed by atoms with Gasteiger partial charge in [0.05, 0.1) is 0 Å². The summed E-state index contributed by atoms with van der Waals surface area (Å²) in [5.74, 6) is 0.582. The molecular weight excluding hydrogens is 695 g/mol. The molecule has 6 rings (SSSR count). The summed E-state index contributed by atoms with van der Waals surface area (Å²) in [6.45, 7) is 22.4. The van der Waals surface area contributed by atoms with Crippen molar-refractivity contribution in [2.45, 2.75) is 79.8 Å². The summed E-state index contributed by atoms with van der Waals surface area (Å²) in [5.41, 5.74) is 12.5. The summed E-state index contributed by atoms with van der Waals surface area (Å²) in [6, 6.07) is 38.1. The van der Waals surface area contributed by atoms with Crippen LogP contribution in [0.4, 0.5) is 0 Å². The molecule has 0 radical (unpaired) electrons. The van der Waals surface area contributed by atoms with Gasteiger partial charge >= 0.3 is 41.9 Å². The van der Waals surface area contributed by atoms with Gasteiger partial charge in [0.1, 0.15) is 0 Å². The first-order valence-electron chi connectivity index (χ1n) is 15.8. The molecule has 4 heteroatoms. The van der Waals surface area contributed by atoms with E-state index < -0.39 is 0 Å². The third-order valence-electron chi connectivity index (χ3n) is 8.11. The van der Waals surface area contributed by atoms with E-state index in [1.807, 2.05) is 0 Å². The predicted molar refractivity (Wildman–Crippen MR) is 194 cm³/mol. The number of aryl methyl sites for hydroxylation is 3. The van der Waals surface area contributed by atoms with E-state index >= 15 is 0 Å². The first-order chi connectivity index (χ1) is 20.7. The first-order valence-corrected chi connectivity index (χ1v) is 22.0. The number of benzene rings is 4. The van der Waals surface area contributed by atoms with Crippen LogP contribution >= 0.6 is 0 Å². The maximum Gasteiger partial charge on any atom is -0.0132 e. The number of hydrogen-bond donors (Lipinski definition) is 0. The van der Waals surface area contributed by atoms with Crippen LogP contribution in [-0.4, -0.2) is 5.43 Å². The van der Waals surface area contributed by atoms with Gasteiger partial charge in [-0.1, -0.05) is 126 Å². The van der Waals surface area contributed by atoms with Gasteiger partial charge in [0, 0.05) is 0 Å². The minimum atomic E-state index is 0. The molecule has 0 unspecified atom stereocenters. The third kappa shape index (κ3) is 10.1. The fraction of sp³-hybridized carbons (Fsp3) is 0.286. The van der Waals surface area contributed by atoms with E-state index in [2.05, 4.69) is 172 Å². The van der Waals surface area contributed by atoms with Crippen molar-refractivity contribution in [3.05, 3.63) is 131 Å². The van der Waals surface area contributed by atoms with E-state index in [0.29, 0.717) is 5.92 Å². The molecule has 46 heavy (non-hydrogen) atoms. The molecule has 0 aliphatic carbocycles. The molecule has 0 nitrogen and oxygen atoms in total. The predicted octanol–water partition coefficient (Wildman–Crippen LogP) is 6.59. The quantitative estimate of drug-likeness (QED) is 0.142. The van der Waals surface area contributed by atoms with Gasteiger partial charge in [0.25, 0.3) is 0 Å². The van der Waals surface area contributed by atoms with Gasteiger partial charge in [-0.05, 0) is 34.9 Å². The summed E-state index contributed by atoms with van der Waals surface area (Å²) >= 11 is 1.74. The summed E-state index contributed by atoms with van der Waals surface area (Å²) in [5, 5.41) is 5.47. The topological polar surface area (TPSA) is 0 Å². The van der Waals surface area contributed by atoms with Crippen molar-refractivity contribution >= 4 is 27.0 Å². The summed E-state index contributed by atoms with van der Waals surface area (Å²) in [4.78, 5) is 0. The summed E-state index contributed by atoms with van der Waals surface area (Å²) < 4.78 is 0. The van der Waals surface area contributed by atoms with Crippen molar-refractivity contribution in [2.75, 3.05) is 0 Å². The van der Waals surface area contributed by atoms with Gasteiger partial charge in [-0.15, -0.1) is 68.6 Å². The molecule has 0 N–H and O–H groups in total. The number of halogens is 2. The van der Waals surface area contributed by atoms with E-state index in [1.54, 1.807) is 23.3 Å². The second-order valence-electron chi connectivity index (χ2n) is 13.7. The molecular formula is C42H48Cl2SiZr-2. The standard InChI is InChI=1S/C21H23.C19H19.C2H6Si.2ClH.Zr/c1-14-12-19-15(2)6-11-18(20(19)13-14)16-7-9-17(10-8-16)21(3,4)5;1-13(2)17-11-16-5-4-6-18(19(16)12-17)15-9-7-14(3)8-10-15;1-3-2;;;/h6-13H,1-5H3;4-13H,1-3H3;1-2H3;2*1H;/q2*-1;;;;+2/p-2. The molecule has 240 valence electrons. The molecule has 0 bridgehead atoms. The summed E-state index contributed by atoms with van der Waals surface area (Å²) in [6.07, 6.45) is 0. The van der Waals surface area contributed by atoms with E-state index in [-0.39, 0.29) is 35.7 Å². The Labute approximate surface area is 306 Å². The largest absolute Gasteiger partial charge is 1.00 e. The molecule has 0 aliphatic rings. The van der Waals surface area contributed by atoms with E-state index in [0.717, 1.165) is 0 Å². The maximum atomic E-state index is 2.34. The molecule has 0 fully saturated rings. The maximum absolute atomic E-state index is 2.34. The monoisotopic (exact) mass is 740 g/mol.